The number of rotatable bonds is 4. The summed E-state index contributed by atoms with van der Waals surface area (Å²) in [7, 11) is 0. The van der Waals surface area contributed by atoms with Gasteiger partial charge in [0, 0.05) is 24.5 Å². The molecule has 1 aromatic rings. The molecule has 1 aromatic heterocycles. The Morgan fingerprint density at radius 2 is 2.05 bits per heavy atom. The minimum atomic E-state index is -0.376. The van der Waals surface area contributed by atoms with Crippen molar-refractivity contribution in [1.29, 1.82) is 0 Å². The maximum absolute atomic E-state index is 12.4. The van der Waals surface area contributed by atoms with E-state index >= 15 is 0 Å². The normalized spacial score (nSPS) is 23.3. The first-order valence-electron chi connectivity index (χ1n) is 7.66. The van der Waals surface area contributed by atoms with Gasteiger partial charge in [0.15, 0.2) is 0 Å². The quantitative estimate of drug-likeness (QED) is 0.854. The molecular formula is C16H21N3O2. The lowest BCUT2D eigenvalue weighted by molar-refractivity contribution is -0.141. The van der Waals surface area contributed by atoms with E-state index in [0.29, 0.717) is 6.54 Å². The van der Waals surface area contributed by atoms with Gasteiger partial charge < -0.3 is 5.32 Å². The molecule has 21 heavy (non-hydrogen) atoms. The fourth-order valence-corrected chi connectivity index (χ4v) is 3.20. The zero-order valence-corrected chi connectivity index (χ0v) is 12.3. The highest BCUT2D eigenvalue weighted by molar-refractivity contribution is 6.05. The van der Waals surface area contributed by atoms with Crippen LogP contribution in [0.3, 0.4) is 0 Å². The van der Waals surface area contributed by atoms with Crippen LogP contribution in [0.1, 0.15) is 43.4 Å². The van der Waals surface area contributed by atoms with E-state index in [1.54, 1.807) is 6.20 Å². The van der Waals surface area contributed by atoms with E-state index in [4.69, 9.17) is 0 Å². The number of amides is 2. The Bertz CT molecular complexity index is 535. The lowest BCUT2D eigenvalue weighted by atomic mass is 10.2. The molecule has 1 aliphatic heterocycles. The SMILES string of the molecule is Cc1ccc(CNC2CC(=O)N(C3CCCC3)C2=O)cn1. The number of aryl methyl sites for hydroxylation is 1. The van der Waals surface area contributed by atoms with Gasteiger partial charge in [0.25, 0.3) is 0 Å². The Balaban J connectivity index is 1.60. The molecule has 0 radical (unpaired) electrons. The summed E-state index contributed by atoms with van der Waals surface area (Å²) in [6.45, 7) is 2.51. The maximum atomic E-state index is 12.4. The number of nitrogens with zero attached hydrogens (tertiary/aromatic N) is 2. The highest BCUT2D eigenvalue weighted by Crippen LogP contribution is 2.28. The number of hydrogen-bond acceptors (Lipinski definition) is 4. The molecule has 1 saturated carbocycles. The summed E-state index contributed by atoms with van der Waals surface area (Å²) in [5.41, 5.74) is 2.00. The average molecular weight is 287 g/mol. The number of carbonyl (C=O) groups is 2. The molecule has 3 rings (SSSR count). The van der Waals surface area contributed by atoms with Crippen LogP contribution >= 0.6 is 0 Å². The molecule has 2 heterocycles. The van der Waals surface area contributed by atoms with Gasteiger partial charge >= 0.3 is 0 Å². The molecule has 2 amide bonds. The molecule has 1 saturated heterocycles. The Labute approximate surface area is 124 Å². The van der Waals surface area contributed by atoms with Crippen LogP contribution in [0.15, 0.2) is 18.3 Å². The van der Waals surface area contributed by atoms with Crippen LogP contribution in [-0.4, -0.2) is 33.8 Å². The first kappa shape index (κ1) is 14.2. The fraction of sp³-hybridized carbons (Fsp3) is 0.562. The lowest BCUT2D eigenvalue weighted by Gasteiger charge is -2.22. The third-order valence-electron chi connectivity index (χ3n) is 4.40. The van der Waals surface area contributed by atoms with E-state index in [-0.39, 0.29) is 30.3 Å². The Morgan fingerprint density at radius 3 is 2.71 bits per heavy atom. The van der Waals surface area contributed by atoms with Gasteiger partial charge in [0.1, 0.15) is 0 Å². The number of hydrogen-bond donors (Lipinski definition) is 1. The molecule has 2 fully saturated rings. The molecule has 0 spiro atoms. The van der Waals surface area contributed by atoms with Gasteiger partial charge in [-0.05, 0) is 31.4 Å². The Kier molecular flexibility index (Phi) is 4.01. The molecule has 1 unspecified atom stereocenters. The van der Waals surface area contributed by atoms with E-state index in [0.717, 1.165) is 36.9 Å². The molecule has 1 aliphatic carbocycles. The van der Waals surface area contributed by atoms with Crippen LogP contribution in [0.2, 0.25) is 0 Å². The molecule has 5 nitrogen and oxygen atoms in total. The van der Waals surface area contributed by atoms with Crippen molar-refractivity contribution in [1.82, 2.24) is 15.2 Å². The first-order valence-corrected chi connectivity index (χ1v) is 7.66. The fourth-order valence-electron chi connectivity index (χ4n) is 3.20. The summed E-state index contributed by atoms with van der Waals surface area (Å²) in [5, 5.41) is 3.20. The molecule has 112 valence electrons. The number of pyridine rings is 1. The van der Waals surface area contributed by atoms with Gasteiger partial charge in [0.2, 0.25) is 11.8 Å². The summed E-state index contributed by atoms with van der Waals surface area (Å²) in [6, 6.07) is 3.70. The van der Waals surface area contributed by atoms with E-state index < -0.39 is 0 Å². The van der Waals surface area contributed by atoms with Gasteiger partial charge in [-0.1, -0.05) is 18.9 Å². The Hall–Kier alpha value is -1.75. The van der Waals surface area contributed by atoms with Crippen molar-refractivity contribution < 1.29 is 9.59 Å². The molecule has 5 heteroatoms. The van der Waals surface area contributed by atoms with Crippen molar-refractivity contribution in [3.05, 3.63) is 29.6 Å². The topological polar surface area (TPSA) is 62.3 Å². The van der Waals surface area contributed by atoms with Crippen LogP contribution in [-0.2, 0) is 16.1 Å². The Morgan fingerprint density at radius 1 is 1.29 bits per heavy atom. The third-order valence-corrected chi connectivity index (χ3v) is 4.40. The number of carbonyl (C=O) groups excluding carboxylic acids is 2. The highest BCUT2D eigenvalue weighted by atomic mass is 16.2. The van der Waals surface area contributed by atoms with E-state index in [1.165, 1.54) is 4.90 Å². The largest absolute Gasteiger partial charge is 0.301 e. The predicted octanol–water partition coefficient (Wildman–Crippen LogP) is 1.55. The summed E-state index contributed by atoms with van der Waals surface area (Å²) >= 11 is 0. The monoisotopic (exact) mass is 287 g/mol. The van der Waals surface area contributed by atoms with Crippen LogP contribution in [0.4, 0.5) is 0 Å². The van der Waals surface area contributed by atoms with Gasteiger partial charge in [0.05, 0.1) is 12.5 Å². The number of likely N-dealkylation sites (tertiary alicyclic amines) is 1. The number of aromatic nitrogens is 1. The summed E-state index contributed by atoms with van der Waals surface area (Å²) < 4.78 is 0. The van der Waals surface area contributed by atoms with Crippen LogP contribution in [0.25, 0.3) is 0 Å². The van der Waals surface area contributed by atoms with E-state index in [2.05, 4.69) is 10.3 Å². The minimum absolute atomic E-state index is 0.0218. The van der Waals surface area contributed by atoms with E-state index in [9.17, 15) is 9.59 Å². The van der Waals surface area contributed by atoms with Gasteiger partial charge in [-0.15, -0.1) is 0 Å². The van der Waals surface area contributed by atoms with Gasteiger partial charge in [-0.25, -0.2) is 0 Å². The van der Waals surface area contributed by atoms with Crippen LogP contribution < -0.4 is 5.32 Å². The number of imide groups is 1. The van der Waals surface area contributed by atoms with Crippen molar-refractivity contribution in [3.8, 4) is 0 Å². The van der Waals surface area contributed by atoms with Crippen molar-refractivity contribution in [2.75, 3.05) is 0 Å². The molecule has 1 N–H and O–H groups in total. The molecule has 2 aliphatic rings. The van der Waals surface area contributed by atoms with Crippen molar-refractivity contribution in [2.24, 2.45) is 0 Å². The summed E-state index contributed by atoms with van der Waals surface area (Å²) in [4.78, 5) is 30.2. The first-order chi connectivity index (χ1) is 10.1. The summed E-state index contributed by atoms with van der Waals surface area (Å²) in [5.74, 6) is -0.0709. The second-order valence-electron chi connectivity index (χ2n) is 5.99. The van der Waals surface area contributed by atoms with Crippen molar-refractivity contribution >= 4 is 11.8 Å². The zero-order chi connectivity index (χ0) is 14.8. The number of nitrogens with one attached hydrogen (secondary N) is 1. The van der Waals surface area contributed by atoms with Crippen molar-refractivity contribution in [3.63, 3.8) is 0 Å². The third kappa shape index (κ3) is 2.97. The smallest absolute Gasteiger partial charge is 0.247 e. The molecule has 0 bridgehead atoms. The minimum Gasteiger partial charge on any atom is -0.301 e. The maximum Gasteiger partial charge on any atom is 0.247 e. The standard InChI is InChI=1S/C16H21N3O2/c1-11-6-7-12(9-17-11)10-18-14-8-15(20)19(16(14)21)13-4-2-3-5-13/h6-7,9,13-14,18H,2-5,8,10H2,1H3. The van der Waals surface area contributed by atoms with Crippen molar-refractivity contribution in [2.45, 2.75) is 57.7 Å². The second-order valence-corrected chi connectivity index (χ2v) is 5.99. The summed E-state index contributed by atoms with van der Waals surface area (Å²) in [6.07, 6.45) is 6.26. The predicted molar refractivity (Wildman–Crippen MR) is 78.3 cm³/mol. The average Bonchev–Trinajstić information content (AvgIpc) is 3.07. The lowest BCUT2D eigenvalue weighted by Crippen LogP contribution is -2.42. The zero-order valence-electron chi connectivity index (χ0n) is 12.3. The molecule has 1 atom stereocenters. The van der Waals surface area contributed by atoms with Gasteiger partial charge in [-0.3, -0.25) is 19.5 Å². The highest BCUT2D eigenvalue weighted by Gasteiger charge is 2.42. The second kappa shape index (κ2) is 5.93. The van der Waals surface area contributed by atoms with E-state index in [1.807, 2.05) is 19.1 Å². The molecular weight excluding hydrogens is 266 g/mol. The van der Waals surface area contributed by atoms with Gasteiger partial charge in [-0.2, -0.15) is 0 Å². The van der Waals surface area contributed by atoms with Crippen LogP contribution in [0, 0.1) is 6.92 Å². The molecule has 0 aromatic carbocycles. The van der Waals surface area contributed by atoms with Crippen LogP contribution in [0.5, 0.6) is 0 Å².